The minimum absolute atomic E-state index is 0. The van der Waals surface area contributed by atoms with Gasteiger partial charge in [0.15, 0.2) is 5.96 Å². The summed E-state index contributed by atoms with van der Waals surface area (Å²) in [4.78, 5) is 16.7. The summed E-state index contributed by atoms with van der Waals surface area (Å²) in [7, 11) is 1.77. The van der Waals surface area contributed by atoms with Crippen LogP contribution < -0.4 is 16.0 Å². The van der Waals surface area contributed by atoms with Crippen molar-refractivity contribution in [1.29, 1.82) is 0 Å². The molecule has 1 amide bonds. The van der Waals surface area contributed by atoms with E-state index in [9.17, 15) is 4.79 Å². The predicted octanol–water partition coefficient (Wildman–Crippen LogP) is 3.51. The van der Waals surface area contributed by atoms with Gasteiger partial charge in [-0.05, 0) is 48.9 Å². The number of halogens is 1. The molecule has 0 spiro atoms. The lowest BCUT2D eigenvalue weighted by atomic mass is 10.1. The Morgan fingerprint density at radius 3 is 2.61 bits per heavy atom. The lowest BCUT2D eigenvalue weighted by Crippen LogP contribution is -2.37. The van der Waals surface area contributed by atoms with Crippen molar-refractivity contribution in [2.24, 2.45) is 4.99 Å². The quantitative estimate of drug-likeness (QED) is 0.199. The van der Waals surface area contributed by atoms with E-state index >= 15 is 0 Å². The largest absolute Gasteiger partial charge is 0.376 e. The second kappa shape index (κ2) is 14.0. The van der Waals surface area contributed by atoms with Gasteiger partial charge < -0.3 is 20.7 Å². The lowest BCUT2D eigenvalue weighted by molar-refractivity contribution is 0.0857. The molecule has 1 atom stereocenters. The first kappa shape index (κ1) is 25.1. The normalized spacial score (nSPS) is 15.8. The van der Waals surface area contributed by atoms with E-state index in [4.69, 9.17) is 4.74 Å². The number of amides is 1. The molecule has 1 unspecified atom stereocenters. The molecule has 0 aliphatic carbocycles. The zero-order chi connectivity index (χ0) is 21.0. The standard InChI is InChI=1S/C24H32N4O2.HI/c1-25-24(26-14-6-11-19-8-3-2-4-9-19)28-17-20-10-5-12-21(16-20)23(29)27-18-22-13-7-15-30-22;/h2-5,8-10,12,16,22H,6-7,11,13-15,17-18H2,1H3,(H,27,29)(H2,25,26,28);1H. The molecular weight excluding hydrogens is 503 g/mol. The minimum Gasteiger partial charge on any atom is -0.376 e. The Balaban J connectivity index is 0.00000341. The summed E-state index contributed by atoms with van der Waals surface area (Å²) in [5, 5.41) is 9.63. The number of carbonyl (C=O) groups is 1. The molecule has 0 aromatic heterocycles. The van der Waals surface area contributed by atoms with Gasteiger partial charge in [0, 0.05) is 38.9 Å². The second-order valence-electron chi connectivity index (χ2n) is 7.49. The molecular formula is C24H33IN4O2. The van der Waals surface area contributed by atoms with Crippen LogP contribution in [0.4, 0.5) is 0 Å². The summed E-state index contributed by atoms with van der Waals surface area (Å²) in [6, 6.07) is 18.1. The molecule has 1 heterocycles. The van der Waals surface area contributed by atoms with Crippen LogP contribution in [0.5, 0.6) is 0 Å². The monoisotopic (exact) mass is 536 g/mol. The van der Waals surface area contributed by atoms with Crippen molar-refractivity contribution in [3.05, 3.63) is 71.3 Å². The molecule has 7 heteroatoms. The van der Waals surface area contributed by atoms with Gasteiger partial charge in [-0.15, -0.1) is 24.0 Å². The topological polar surface area (TPSA) is 74.8 Å². The van der Waals surface area contributed by atoms with Crippen LogP contribution in [-0.4, -0.2) is 44.7 Å². The number of ether oxygens (including phenoxy) is 1. The number of benzene rings is 2. The van der Waals surface area contributed by atoms with Crippen LogP contribution in [0.2, 0.25) is 0 Å². The second-order valence-corrected chi connectivity index (χ2v) is 7.49. The number of nitrogens with zero attached hydrogens (tertiary/aromatic N) is 1. The first-order chi connectivity index (χ1) is 14.7. The highest BCUT2D eigenvalue weighted by atomic mass is 127. The molecule has 2 aromatic carbocycles. The Bertz CT molecular complexity index is 823. The van der Waals surface area contributed by atoms with Gasteiger partial charge in [0.2, 0.25) is 0 Å². The number of aryl methyl sites for hydroxylation is 1. The van der Waals surface area contributed by atoms with Crippen LogP contribution in [0.25, 0.3) is 0 Å². The molecule has 1 saturated heterocycles. The molecule has 0 radical (unpaired) electrons. The SMILES string of the molecule is CN=C(NCCCc1ccccc1)NCc1cccc(C(=O)NCC2CCCO2)c1.I. The fourth-order valence-corrected chi connectivity index (χ4v) is 3.49. The highest BCUT2D eigenvalue weighted by Crippen LogP contribution is 2.11. The average molecular weight is 536 g/mol. The van der Waals surface area contributed by atoms with E-state index in [1.165, 1.54) is 5.56 Å². The maximum Gasteiger partial charge on any atom is 0.251 e. The maximum absolute atomic E-state index is 12.4. The van der Waals surface area contributed by atoms with Crippen LogP contribution in [0, 0.1) is 0 Å². The van der Waals surface area contributed by atoms with E-state index in [0.29, 0.717) is 18.7 Å². The van der Waals surface area contributed by atoms with Gasteiger partial charge >= 0.3 is 0 Å². The van der Waals surface area contributed by atoms with E-state index in [0.717, 1.165) is 50.4 Å². The van der Waals surface area contributed by atoms with Gasteiger partial charge in [0.05, 0.1) is 6.10 Å². The molecule has 168 valence electrons. The number of hydrogen-bond acceptors (Lipinski definition) is 3. The van der Waals surface area contributed by atoms with Gasteiger partial charge in [-0.25, -0.2) is 0 Å². The summed E-state index contributed by atoms with van der Waals surface area (Å²) >= 11 is 0. The molecule has 2 aromatic rings. The Hall–Kier alpha value is -2.13. The zero-order valence-electron chi connectivity index (χ0n) is 18.1. The van der Waals surface area contributed by atoms with Gasteiger partial charge in [-0.2, -0.15) is 0 Å². The van der Waals surface area contributed by atoms with Crippen molar-refractivity contribution >= 4 is 35.8 Å². The van der Waals surface area contributed by atoms with Crippen molar-refractivity contribution in [1.82, 2.24) is 16.0 Å². The van der Waals surface area contributed by atoms with E-state index in [1.807, 2.05) is 30.3 Å². The molecule has 3 N–H and O–H groups in total. The predicted molar refractivity (Wildman–Crippen MR) is 136 cm³/mol. The maximum atomic E-state index is 12.4. The highest BCUT2D eigenvalue weighted by molar-refractivity contribution is 14.0. The highest BCUT2D eigenvalue weighted by Gasteiger charge is 2.16. The van der Waals surface area contributed by atoms with E-state index < -0.39 is 0 Å². The number of guanidine groups is 1. The van der Waals surface area contributed by atoms with Crippen molar-refractivity contribution in [3.63, 3.8) is 0 Å². The van der Waals surface area contributed by atoms with E-state index in [2.05, 4.69) is 45.2 Å². The summed E-state index contributed by atoms with van der Waals surface area (Å²) in [5.74, 6) is 0.701. The molecule has 0 saturated carbocycles. The molecule has 6 nitrogen and oxygen atoms in total. The summed E-state index contributed by atoms with van der Waals surface area (Å²) in [5.41, 5.74) is 3.04. The van der Waals surface area contributed by atoms with E-state index in [-0.39, 0.29) is 36.0 Å². The summed E-state index contributed by atoms with van der Waals surface area (Å²) in [6.45, 7) is 2.82. The Morgan fingerprint density at radius 1 is 1.06 bits per heavy atom. The number of carbonyl (C=O) groups excluding carboxylic acids is 1. The number of hydrogen-bond donors (Lipinski definition) is 3. The summed E-state index contributed by atoms with van der Waals surface area (Å²) in [6.07, 6.45) is 4.30. The van der Waals surface area contributed by atoms with Gasteiger partial charge in [0.25, 0.3) is 5.91 Å². The summed E-state index contributed by atoms with van der Waals surface area (Å²) < 4.78 is 5.56. The van der Waals surface area contributed by atoms with Crippen molar-refractivity contribution in [2.45, 2.75) is 38.3 Å². The van der Waals surface area contributed by atoms with Crippen LogP contribution in [0.1, 0.15) is 40.7 Å². The first-order valence-electron chi connectivity index (χ1n) is 10.7. The minimum atomic E-state index is -0.0595. The number of aliphatic imine (C=N–C) groups is 1. The van der Waals surface area contributed by atoms with Gasteiger partial charge in [-0.1, -0.05) is 42.5 Å². The fourth-order valence-electron chi connectivity index (χ4n) is 3.49. The molecule has 31 heavy (non-hydrogen) atoms. The van der Waals surface area contributed by atoms with Crippen LogP contribution >= 0.6 is 24.0 Å². The smallest absolute Gasteiger partial charge is 0.251 e. The van der Waals surface area contributed by atoms with Crippen LogP contribution in [0.15, 0.2) is 59.6 Å². The van der Waals surface area contributed by atoms with Crippen molar-refractivity contribution < 1.29 is 9.53 Å². The van der Waals surface area contributed by atoms with E-state index in [1.54, 1.807) is 7.05 Å². The third kappa shape index (κ3) is 8.86. The third-order valence-electron chi connectivity index (χ3n) is 5.16. The van der Waals surface area contributed by atoms with Gasteiger partial charge in [-0.3, -0.25) is 9.79 Å². The van der Waals surface area contributed by atoms with Crippen LogP contribution in [-0.2, 0) is 17.7 Å². The average Bonchev–Trinajstić information content (AvgIpc) is 3.31. The fraction of sp³-hybridized carbons (Fsp3) is 0.417. The zero-order valence-corrected chi connectivity index (χ0v) is 20.4. The van der Waals surface area contributed by atoms with Crippen molar-refractivity contribution in [2.75, 3.05) is 26.7 Å². The molecule has 1 aliphatic rings. The Labute approximate surface area is 202 Å². The van der Waals surface area contributed by atoms with Crippen LogP contribution in [0.3, 0.4) is 0 Å². The molecule has 3 rings (SSSR count). The Morgan fingerprint density at radius 2 is 1.87 bits per heavy atom. The third-order valence-corrected chi connectivity index (χ3v) is 5.16. The number of rotatable bonds is 9. The van der Waals surface area contributed by atoms with Crippen molar-refractivity contribution in [3.8, 4) is 0 Å². The molecule has 1 fully saturated rings. The number of nitrogens with one attached hydrogen (secondary N) is 3. The molecule has 1 aliphatic heterocycles. The van der Waals surface area contributed by atoms with Gasteiger partial charge in [0.1, 0.15) is 0 Å². The molecule has 0 bridgehead atoms. The Kier molecular flexibility index (Phi) is 11.4. The lowest BCUT2D eigenvalue weighted by Gasteiger charge is -2.13. The first-order valence-corrected chi connectivity index (χ1v) is 10.7.